The third-order valence-corrected chi connectivity index (χ3v) is 16.7. The van der Waals surface area contributed by atoms with Gasteiger partial charge in [-0.15, -0.1) is 0 Å². The predicted molar refractivity (Wildman–Crippen MR) is 317 cm³/mol. The molecular weight excluding hydrogens is 884 g/mol. The normalized spacial score (nSPS) is 15.0. The van der Waals surface area contributed by atoms with Gasteiger partial charge in [-0.05, 0) is 179 Å². The molecule has 3 nitrogen and oxygen atoms in total. The molecule has 0 amide bonds. The van der Waals surface area contributed by atoms with Gasteiger partial charge in [-0.25, -0.2) is 0 Å². The zero-order valence-electron chi connectivity index (χ0n) is 47.5. The number of furan rings is 1. The summed E-state index contributed by atoms with van der Waals surface area (Å²) in [4.78, 5) is 5.26. The van der Waals surface area contributed by atoms with Gasteiger partial charge in [0.05, 0.1) is 5.69 Å². The highest BCUT2D eigenvalue weighted by Crippen LogP contribution is 2.51. The van der Waals surface area contributed by atoms with Gasteiger partial charge in [0.25, 0.3) is 6.71 Å². The molecule has 374 valence electrons. The molecular formula is C69H79BN2O. The molecule has 0 radical (unpaired) electrons. The summed E-state index contributed by atoms with van der Waals surface area (Å²) < 4.78 is 7.40. The van der Waals surface area contributed by atoms with E-state index in [1.807, 2.05) is 0 Å². The van der Waals surface area contributed by atoms with E-state index < -0.39 is 0 Å². The molecule has 4 heteroatoms. The van der Waals surface area contributed by atoms with Gasteiger partial charge in [0.1, 0.15) is 11.2 Å². The Kier molecular flexibility index (Phi) is 11.0. The van der Waals surface area contributed by atoms with Crippen LogP contribution in [0.5, 0.6) is 0 Å². The Bertz CT molecular complexity index is 3510. The second kappa shape index (κ2) is 16.3. The van der Waals surface area contributed by atoms with Crippen molar-refractivity contribution in [2.24, 2.45) is 0 Å². The van der Waals surface area contributed by atoms with Gasteiger partial charge in [-0.1, -0.05) is 179 Å². The molecule has 0 bridgehead atoms. The molecule has 0 N–H and O–H groups in total. The number of rotatable bonds is 3. The number of anilines is 6. The molecule has 0 spiro atoms. The van der Waals surface area contributed by atoms with Gasteiger partial charge in [0, 0.05) is 44.8 Å². The maximum atomic E-state index is 7.40. The van der Waals surface area contributed by atoms with Crippen LogP contribution in [0.15, 0.2) is 120 Å². The van der Waals surface area contributed by atoms with Gasteiger partial charge in [0.15, 0.2) is 0 Å². The van der Waals surface area contributed by atoms with Crippen molar-refractivity contribution in [2.75, 3.05) is 9.80 Å². The molecule has 3 heterocycles. The summed E-state index contributed by atoms with van der Waals surface area (Å²) >= 11 is 0. The van der Waals surface area contributed by atoms with Crippen LogP contribution < -0.4 is 26.2 Å². The molecule has 7 aromatic carbocycles. The van der Waals surface area contributed by atoms with E-state index in [0.29, 0.717) is 0 Å². The minimum Gasteiger partial charge on any atom is -0.457 e. The van der Waals surface area contributed by atoms with Crippen LogP contribution in [0.1, 0.15) is 176 Å². The van der Waals surface area contributed by atoms with Crippen molar-refractivity contribution in [2.45, 2.75) is 176 Å². The van der Waals surface area contributed by atoms with E-state index in [1.54, 1.807) is 0 Å². The summed E-state index contributed by atoms with van der Waals surface area (Å²) in [6.45, 7) is 42.2. The van der Waals surface area contributed by atoms with Gasteiger partial charge >= 0.3 is 0 Å². The van der Waals surface area contributed by atoms with Crippen molar-refractivity contribution in [3.8, 4) is 11.1 Å². The minimum absolute atomic E-state index is 0.0186. The zero-order chi connectivity index (χ0) is 52.3. The lowest BCUT2D eigenvalue weighted by atomic mass is 9.33. The van der Waals surface area contributed by atoms with Crippen LogP contribution in [0.4, 0.5) is 34.1 Å². The van der Waals surface area contributed by atoms with Gasteiger partial charge in [0.2, 0.25) is 0 Å². The molecule has 8 aromatic rings. The van der Waals surface area contributed by atoms with E-state index >= 15 is 0 Å². The second-order valence-corrected chi connectivity index (χ2v) is 28.3. The quantitative estimate of drug-likeness (QED) is 0.165. The zero-order valence-corrected chi connectivity index (χ0v) is 47.5. The van der Waals surface area contributed by atoms with E-state index in [2.05, 4.69) is 250 Å². The summed E-state index contributed by atoms with van der Waals surface area (Å²) in [5.74, 6) is 0. The Morgan fingerprint density at radius 1 is 0.411 bits per heavy atom. The largest absolute Gasteiger partial charge is 0.457 e. The van der Waals surface area contributed by atoms with E-state index in [9.17, 15) is 0 Å². The van der Waals surface area contributed by atoms with E-state index in [4.69, 9.17) is 4.42 Å². The number of fused-ring (bicyclic) bond motifs is 10. The average Bonchev–Trinajstić information content (AvgIpc) is 3.94. The Balaban J connectivity index is 1.30. The van der Waals surface area contributed by atoms with Crippen LogP contribution in [-0.2, 0) is 45.3 Å². The highest BCUT2D eigenvalue weighted by atomic mass is 16.3. The summed E-state index contributed by atoms with van der Waals surface area (Å²) in [5, 5.41) is 2.54. The minimum atomic E-state index is -0.157. The van der Waals surface area contributed by atoms with E-state index in [1.165, 1.54) is 118 Å². The van der Waals surface area contributed by atoms with Gasteiger partial charge < -0.3 is 14.2 Å². The lowest BCUT2D eigenvalue weighted by Crippen LogP contribution is -2.61. The first-order chi connectivity index (χ1) is 34.0. The maximum absolute atomic E-state index is 7.40. The van der Waals surface area contributed by atoms with Gasteiger partial charge in [-0.3, -0.25) is 0 Å². The molecule has 11 rings (SSSR count). The van der Waals surface area contributed by atoms with Crippen LogP contribution in [0.3, 0.4) is 0 Å². The number of aryl methyl sites for hydroxylation is 2. The molecule has 2 aliphatic heterocycles. The van der Waals surface area contributed by atoms with Crippen molar-refractivity contribution in [1.82, 2.24) is 0 Å². The summed E-state index contributed by atoms with van der Waals surface area (Å²) in [5.41, 5.74) is 26.2. The first-order valence-electron chi connectivity index (χ1n) is 27.3. The lowest BCUT2D eigenvalue weighted by molar-refractivity contribution is 0.569. The fourth-order valence-corrected chi connectivity index (χ4v) is 12.1. The number of hydrogen-bond donors (Lipinski definition) is 0. The fraction of sp³-hybridized carbons (Fsp3) is 0.391. The fourth-order valence-electron chi connectivity index (χ4n) is 12.1. The van der Waals surface area contributed by atoms with E-state index in [0.717, 1.165) is 29.7 Å². The maximum Gasteiger partial charge on any atom is 0.257 e. The molecule has 0 atom stereocenters. The monoisotopic (exact) mass is 963 g/mol. The van der Waals surface area contributed by atoms with Crippen molar-refractivity contribution in [1.29, 1.82) is 0 Å². The Morgan fingerprint density at radius 3 is 1.52 bits per heavy atom. The standard InChI is InChI=1S/C69H79BN2O/c1-64(2,3)43-23-27-49(28-24-43)71-56-32-29-51-60-50-21-19-20-41(50)22-33-59(60)73-63(51)62(56)70-53-38-45(66(7,8)9)26-31-55(53)72(58-40-48(69(16,17)18)39-57(71)61(58)70)54-30-25-44(65(4,5)6)37-52(54)42-34-46(67(10,11)12)36-47(35-42)68(13,14)15/h22-40H,19-21H2,1-18H3. The third kappa shape index (κ3) is 8.16. The van der Waals surface area contributed by atoms with Crippen molar-refractivity contribution in [3.63, 3.8) is 0 Å². The summed E-state index contributed by atoms with van der Waals surface area (Å²) in [7, 11) is 0. The highest BCUT2D eigenvalue weighted by molar-refractivity contribution is 7.01. The molecule has 0 saturated carbocycles. The number of nitrogens with zero attached hydrogens (tertiary/aromatic N) is 2. The number of benzene rings is 7. The lowest BCUT2D eigenvalue weighted by Gasteiger charge is -2.45. The van der Waals surface area contributed by atoms with E-state index in [-0.39, 0.29) is 39.2 Å². The first-order valence-corrected chi connectivity index (χ1v) is 27.3. The average molecular weight is 963 g/mol. The number of hydrogen-bond acceptors (Lipinski definition) is 3. The van der Waals surface area contributed by atoms with Crippen LogP contribution in [0.2, 0.25) is 0 Å². The molecule has 0 unspecified atom stereocenters. The topological polar surface area (TPSA) is 19.6 Å². The smallest absolute Gasteiger partial charge is 0.257 e. The molecule has 1 aliphatic carbocycles. The Morgan fingerprint density at radius 2 is 0.932 bits per heavy atom. The third-order valence-electron chi connectivity index (χ3n) is 16.7. The Labute approximate surface area is 438 Å². The summed E-state index contributed by atoms with van der Waals surface area (Å²) in [6, 6.07) is 46.2. The SMILES string of the molecule is CC(C)(C)c1ccc(N2c3cc(C(C)(C)C)cc4c3B(c3cc(C(C)(C)C)ccc3N4c3ccc(C(C)(C)C)cc3-c3cc(C(C)(C)C)cc(C(C)(C)C)c3)c3c2ccc2c3oc3ccc4c(c32)CCC4)cc1. The van der Waals surface area contributed by atoms with Crippen LogP contribution in [0, 0.1) is 0 Å². The van der Waals surface area contributed by atoms with Crippen LogP contribution >= 0.6 is 0 Å². The van der Waals surface area contributed by atoms with Crippen LogP contribution in [-0.4, -0.2) is 6.71 Å². The molecule has 0 saturated heterocycles. The van der Waals surface area contributed by atoms with Gasteiger partial charge in [-0.2, -0.15) is 0 Å². The van der Waals surface area contributed by atoms with Crippen molar-refractivity contribution < 1.29 is 4.42 Å². The Hall–Kier alpha value is -6.00. The molecule has 0 fully saturated rings. The van der Waals surface area contributed by atoms with Crippen molar-refractivity contribution in [3.05, 3.63) is 160 Å². The summed E-state index contributed by atoms with van der Waals surface area (Å²) in [6.07, 6.45) is 3.41. The first kappa shape index (κ1) is 49.2. The highest BCUT2D eigenvalue weighted by Gasteiger charge is 2.47. The van der Waals surface area contributed by atoms with Crippen molar-refractivity contribution >= 4 is 79.2 Å². The second-order valence-electron chi connectivity index (χ2n) is 28.3. The predicted octanol–water partition coefficient (Wildman–Crippen LogP) is 17.6. The van der Waals surface area contributed by atoms with Crippen LogP contribution in [0.25, 0.3) is 33.1 Å². The molecule has 3 aliphatic rings. The molecule has 1 aromatic heterocycles. The molecule has 73 heavy (non-hydrogen) atoms.